The lowest BCUT2D eigenvalue weighted by Crippen LogP contribution is -2.22. The molecule has 0 saturated heterocycles. The minimum Gasteiger partial charge on any atom is -0.336 e. The second-order valence-electron chi connectivity index (χ2n) is 6.90. The van der Waals surface area contributed by atoms with E-state index in [1.807, 2.05) is 6.07 Å². The third-order valence-corrected chi connectivity index (χ3v) is 4.86. The number of nitrogens with one attached hydrogen (secondary N) is 1. The number of nitrogens with zero attached hydrogens (tertiary/aromatic N) is 3. The van der Waals surface area contributed by atoms with E-state index < -0.39 is 0 Å². The van der Waals surface area contributed by atoms with Gasteiger partial charge in [0.15, 0.2) is 0 Å². The predicted octanol–water partition coefficient (Wildman–Crippen LogP) is 3.64. The van der Waals surface area contributed by atoms with Crippen LogP contribution in [0, 0.1) is 6.92 Å². The van der Waals surface area contributed by atoms with E-state index in [2.05, 4.69) is 15.5 Å². The molecule has 0 unspecified atom stereocenters. The molecular weight excluding hydrogens is 344 g/mol. The van der Waals surface area contributed by atoms with Crippen molar-refractivity contribution in [1.82, 2.24) is 10.1 Å². The number of carbonyl (C=O) groups is 2. The van der Waals surface area contributed by atoms with Gasteiger partial charge in [-0.15, -0.1) is 0 Å². The zero-order chi connectivity index (χ0) is 19.1. The molecule has 0 bridgehead atoms. The van der Waals surface area contributed by atoms with E-state index in [-0.39, 0.29) is 11.8 Å². The molecular formula is C20H20N4O3. The summed E-state index contributed by atoms with van der Waals surface area (Å²) in [6, 6.07) is 8.97. The Balaban J connectivity index is 1.63. The maximum absolute atomic E-state index is 12.9. The van der Waals surface area contributed by atoms with Crippen LogP contribution in [-0.4, -0.2) is 29.0 Å². The highest BCUT2D eigenvalue weighted by atomic mass is 16.5. The van der Waals surface area contributed by atoms with Crippen LogP contribution >= 0.6 is 0 Å². The standard InChI is InChI=1S/C20H20N4O3/c1-11-18-16(10-17(13-4-5-13)22-20(18)27-23-11)19(26)21-14-6-8-15(9-7-14)24(3)12(2)25/h6-10,13H,4-5H2,1-3H3,(H,21,26). The smallest absolute Gasteiger partial charge is 0.259 e. The minimum absolute atomic E-state index is 0.0542. The van der Waals surface area contributed by atoms with E-state index in [0.717, 1.165) is 24.2 Å². The lowest BCUT2D eigenvalue weighted by atomic mass is 10.1. The summed E-state index contributed by atoms with van der Waals surface area (Å²) in [6.45, 7) is 3.30. The number of fused-ring (bicyclic) bond motifs is 1. The Kier molecular flexibility index (Phi) is 4.14. The third kappa shape index (κ3) is 3.28. The molecule has 0 spiro atoms. The van der Waals surface area contributed by atoms with E-state index in [0.29, 0.717) is 34.0 Å². The lowest BCUT2D eigenvalue weighted by molar-refractivity contribution is -0.116. The highest BCUT2D eigenvalue weighted by molar-refractivity contribution is 6.12. The summed E-state index contributed by atoms with van der Waals surface area (Å²) < 4.78 is 5.29. The predicted molar refractivity (Wildman–Crippen MR) is 102 cm³/mol. The van der Waals surface area contributed by atoms with Gasteiger partial charge in [0.2, 0.25) is 5.91 Å². The zero-order valence-corrected chi connectivity index (χ0v) is 15.4. The summed E-state index contributed by atoms with van der Waals surface area (Å²) in [5, 5.41) is 7.51. The van der Waals surface area contributed by atoms with Crippen molar-refractivity contribution < 1.29 is 14.1 Å². The summed E-state index contributed by atoms with van der Waals surface area (Å²) in [4.78, 5) is 30.4. The number of aryl methyl sites for hydroxylation is 1. The van der Waals surface area contributed by atoms with Gasteiger partial charge in [0.1, 0.15) is 0 Å². The van der Waals surface area contributed by atoms with Gasteiger partial charge >= 0.3 is 0 Å². The van der Waals surface area contributed by atoms with E-state index >= 15 is 0 Å². The molecule has 2 aromatic heterocycles. The van der Waals surface area contributed by atoms with Crippen molar-refractivity contribution in [2.24, 2.45) is 0 Å². The van der Waals surface area contributed by atoms with Crippen LogP contribution in [0.5, 0.6) is 0 Å². The van der Waals surface area contributed by atoms with Gasteiger partial charge in [-0.2, -0.15) is 0 Å². The normalized spacial score (nSPS) is 13.6. The number of carbonyl (C=O) groups excluding carboxylic acids is 2. The Morgan fingerprint density at radius 1 is 1.22 bits per heavy atom. The van der Waals surface area contributed by atoms with Gasteiger partial charge in [0, 0.05) is 37.0 Å². The van der Waals surface area contributed by atoms with Gasteiger partial charge in [0.25, 0.3) is 11.6 Å². The van der Waals surface area contributed by atoms with Gasteiger partial charge < -0.3 is 14.7 Å². The Morgan fingerprint density at radius 2 is 1.93 bits per heavy atom. The molecule has 1 aliphatic carbocycles. The van der Waals surface area contributed by atoms with Crippen molar-refractivity contribution in [1.29, 1.82) is 0 Å². The highest BCUT2D eigenvalue weighted by Crippen LogP contribution is 2.40. The monoisotopic (exact) mass is 364 g/mol. The van der Waals surface area contributed by atoms with E-state index in [1.54, 1.807) is 43.1 Å². The third-order valence-electron chi connectivity index (χ3n) is 4.86. The molecule has 1 aliphatic rings. The van der Waals surface area contributed by atoms with E-state index in [1.165, 1.54) is 6.92 Å². The number of pyridine rings is 1. The number of anilines is 2. The molecule has 7 nitrogen and oxygen atoms in total. The van der Waals surface area contributed by atoms with Crippen LogP contribution in [0.2, 0.25) is 0 Å². The zero-order valence-electron chi connectivity index (χ0n) is 15.4. The summed E-state index contributed by atoms with van der Waals surface area (Å²) >= 11 is 0. The number of hydrogen-bond acceptors (Lipinski definition) is 5. The Labute approximate surface area is 156 Å². The van der Waals surface area contributed by atoms with Crippen LogP contribution in [0.25, 0.3) is 11.1 Å². The SMILES string of the molecule is CC(=O)N(C)c1ccc(NC(=O)c2cc(C3CC3)nc3onc(C)c23)cc1. The second kappa shape index (κ2) is 6.50. The average molecular weight is 364 g/mol. The molecule has 1 fully saturated rings. The number of rotatable bonds is 4. The first-order valence-electron chi connectivity index (χ1n) is 8.86. The lowest BCUT2D eigenvalue weighted by Gasteiger charge is -2.15. The van der Waals surface area contributed by atoms with Gasteiger partial charge in [0.05, 0.1) is 16.6 Å². The first-order chi connectivity index (χ1) is 12.9. The fourth-order valence-electron chi connectivity index (χ4n) is 3.03. The van der Waals surface area contributed by atoms with Crippen molar-refractivity contribution in [3.63, 3.8) is 0 Å². The molecule has 2 heterocycles. The van der Waals surface area contributed by atoms with E-state index in [9.17, 15) is 9.59 Å². The molecule has 1 saturated carbocycles. The molecule has 1 N–H and O–H groups in total. The quantitative estimate of drug-likeness (QED) is 0.763. The Morgan fingerprint density at radius 3 is 2.56 bits per heavy atom. The molecule has 27 heavy (non-hydrogen) atoms. The maximum Gasteiger partial charge on any atom is 0.259 e. The molecule has 138 valence electrons. The fraction of sp³-hybridized carbons (Fsp3) is 0.300. The molecule has 0 radical (unpaired) electrons. The summed E-state index contributed by atoms with van der Waals surface area (Å²) in [6.07, 6.45) is 2.16. The molecule has 2 amide bonds. The number of hydrogen-bond donors (Lipinski definition) is 1. The number of aromatic nitrogens is 2. The fourth-order valence-corrected chi connectivity index (χ4v) is 3.03. The van der Waals surface area contributed by atoms with Crippen LogP contribution in [-0.2, 0) is 4.79 Å². The van der Waals surface area contributed by atoms with Crippen molar-refractivity contribution >= 4 is 34.3 Å². The maximum atomic E-state index is 12.9. The minimum atomic E-state index is -0.233. The first kappa shape index (κ1) is 17.2. The molecule has 7 heteroatoms. The average Bonchev–Trinajstić information content (AvgIpc) is 3.44. The Hall–Kier alpha value is -3.22. The van der Waals surface area contributed by atoms with Crippen LogP contribution in [0.4, 0.5) is 11.4 Å². The molecule has 4 rings (SSSR count). The number of benzene rings is 1. The topological polar surface area (TPSA) is 88.3 Å². The summed E-state index contributed by atoms with van der Waals surface area (Å²) in [7, 11) is 1.71. The molecule has 1 aromatic carbocycles. The molecule has 3 aromatic rings. The Bertz CT molecular complexity index is 1040. The van der Waals surface area contributed by atoms with Crippen molar-refractivity contribution in [3.05, 3.63) is 47.3 Å². The van der Waals surface area contributed by atoms with Crippen molar-refractivity contribution in [2.75, 3.05) is 17.3 Å². The van der Waals surface area contributed by atoms with Crippen LogP contribution in [0.15, 0.2) is 34.9 Å². The van der Waals surface area contributed by atoms with E-state index in [4.69, 9.17) is 4.52 Å². The first-order valence-corrected chi connectivity index (χ1v) is 8.86. The van der Waals surface area contributed by atoms with Crippen molar-refractivity contribution in [3.8, 4) is 0 Å². The highest BCUT2D eigenvalue weighted by Gasteiger charge is 2.28. The summed E-state index contributed by atoms with van der Waals surface area (Å²) in [5.41, 5.74) is 3.85. The van der Waals surface area contributed by atoms with Gasteiger partial charge in [-0.1, -0.05) is 5.16 Å². The second-order valence-corrected chi connectivity index (χ2v) is 6.90. The largest absolute Gasteiger partial charge is 0.336 e. The van der Waals surface area contributed by atoms with Gasteiger partial charge in [-0.25, -0.2) is 4.98 Å². The number of amides is 2. The van der Waals surface area contributed by atoms with Crippen LogP contribution < -0.4 is 10.2 Å². The van der Waals surface area contributed by atoms with Crippen LogP contribution in [0.3, 0.4) is 0 Å². The molecule has 0 atom stereocenters. The summed E-state index contributed by atoms with van der Waals surface area (Å²) in [5.74, 6) is 0.109. The van der Waals surface area contributed by atoms with Gasteiger partial charge in [-0.3, -0.25) is 9.59 Å². The van der Waals surface area contributed by atoms with Crippen LogP contribution in [0.1, 0.15) is 47.4 Å². The van der Waals surface area contributed by atoms with Crippen molar-refractivity contribution in [2.45, 2.75) is 32.6 Å². The van der Waals surface area contributed by atoms with Gasteiger partial charge in [-0.05, 0) is 50.1 Å². The molecule has 0 aliphatic heterocycles.